The van der Waals surface area contributed by atoms with E-state index in [-0.39, 0.29) is 12.3 Å². The van der Waals surface area contributed by atoms with Crippen LogP contribution in [0, 0.1) is 0 Å². The minimum Gasteiger partial charge on any atom is -0.299 e. The van der Waals surface area contributed by atoms with Crippen molar-refractivity contribution in [2.75, 3.05) is 13.1 Å². The van der Waals surface area contributed by atoms with Crippen molar-refractivity contribution in [3.8, 4) is 0 Å². The van der Waals surface area contributed by atoms with Crippen LogP contribution in [-0.4, -0.2) is 26.4 Å². The molecule has 0 radical (unpaired) electrons. The first-order valence-electron chi connectivity index (χ1n) is 8.63. The molecule has 2 aromatic carbocycles. The second kappa shape index (κ2) is 8.72. The summed E-state index contributed by atoms with van der Waals surface area (Å²) in [6, 6.07) is 12.8. The van der Waals surface area contributed by atoms with E-state index in [0.29, 0.717) is 15.6 Å². The van der Waals surface area contributed by atoms with Crippen molar-refractivity contribution in [2.45, 2.75) is 31.7 Å². The Hall–Kier alpha value is -1.11. The Morgan fingerprint density at radius 1 is 0.962 bits per heavy atom. The van der Waals surface area contributed by atoms with Gasteiger partial charge in [0.15, 0.2) is 0 Å². The van der Waals surface area contributed by atoms with Crippen molar-refractivity contribution in [3.05, 3.63) is 69.2 Å². The number of halogens is 2. The molecule has 1 heterocycles. The lowest BCUT2D eigenvalue weighted by Gasteiger charge is -2.18. The Morgan fingerprint density at radius 2 is 1.65 bits per heavy atom. The number of hydrogen-bond donors (Lipinski definition) is 1. The van der Waals surface area contributed by atoms with Crippen LogP contribution in [0.1, 0.15) is 29.5 Å². The van der Waals surface area contributed by atoms with Crippen molar-refractivity contribution in [3.63, 3.8) is 0 Å². The van der Waals surface area contributed by atoms with Crippen LogP contribution in [0.25, 0.3) is 0 Å². The molecule has 0 unspecified atom stereocenters. The fourth-order valence-corrected chi connectivity index (χ4v) is 4.84. The third-order valence-corrected chi connectivity index (χ3v) is 6.42. The first kappa shape index (κ1) is 19.6. The van der Waals surface area contributed by atoms with Gasteiger partial charge in [-0.05, 0) is 54.8 Å². The Kier molecular flexibility index (Phi) is 6.59. The van der Waals surface area contributed by atoms with Crippen LogP contribution in [0.4, 0.5) is 0 Å². The van der Waals surface area contributed by atoms with E-state index in [9.17, 15) is 8.42 Å². The summed E-state index contributed by atoms with van der Waals surface area (Å²) >= 11 is 12.0. The van der Waals surface area contributed by atoms with Gasteiger partial charge in [-0.25, -0.2) is 13.1 Å². The third-order valence-electron chi connectivity index (χ3n) is 4.55. The fraction of sp³-hybridized carbons (Fsp3) is 0.368. The summed E-state index contributed by atoms with van der Waals surface area (Å²) in [5.74, 6) is -0.169. The topological polar surface area (TPSA) is 49.4 Å². The van der Waals surface area contributed by atoms with Crippen molar-refractivity contribution >= 4 is 33.2 Å². The largest absolute Gasteiger partial charge is 0.299 e. The maximum absolute atomic E-state index is 12.5. The van der Waals surface area contributed by atoms with Gasteiger partial charge in [-0.15, -0.1) is 0 Å². The molecule has 0 amide bonds. The molecule has 26 heavy (non-hydrogen) atoms. The Bertz CT molecular complexity index is 866. The van der Waals surface area contributed by atoms with E-state index in [4.69, 9.17) is 23.2 Å². The van der Waals surface area contributed by atoms with Gasteiger partial charge in [-0.1, -0.05) is 53.5 Å². The molecule has 140 valence electrons. The Balaban J connectivity index is 1.66. The zero-order valence-electron chi connectivity index (χ0n) is 14.4. The first-order valence-corrected chi connectivity index (χ1v) is 11.0. The molecule has 3 rings (SSSR count). The highest BCUT2D eigenvalue weighted by atomic mass is 35.5. The molecular formula is C19H22Cl2N2O2S. The third kappa shape index (κ3) is 5.44. The normalized spacial score (nSPS) is 15.5. The summed E-state index contributed by atoms with van der Waals surface area (Å²) < 4.78 is 27.6. The van der Waals surface area contributed by atoms with Gasteiger partial charge in [0.2, 0.25) is 10.0 Å². The van der Waals surface area contributed by atoms with Gasteiger partial charge < -0.3 is 0 Å². The van der Waals surface area contributed by atoms with Crippen molar-refractivity contribution in [1.29, 1.82) is 0 Å². The Morgan fingerprint density at radius 3 is 2.35 bits per heavy atom. The average molecular weight is 413 g/mol. The molecule has 1 aliphatic rings. The number of hydrogen-bond acceptors (Lipinski definition) is 3. The van der Waals surface area contributed by atoms with Crippen LogP contribution in [0.2, 0.25) is 10.0 Å². The molecular weight excluding hydrogens is 391 g/mol. The summed E-state index contributed by atoms with van der Waals surface area (Å²) in [4.78, 5) is 2.40. The number of sulfonamides is 1. The Labute approximate surface area is 165 Å². The molecule has 0 bridgehead atoms. The molecule has 1 fully saturated rings. The van der Waals surface area contributed by atoms with Crippen LogP contribution in [0.3, 0.4) is 0 Å². The quantitative estimate of drug-likeness (QED) is 0.740. The molecule has 1 aliphatic heterocycles. The lowest BCUT2D eigenvalue weighted by molar-refractivity contribution is 0.330. The highest BCUT2D eigenvalue weighted by Gasteiger charge is 2.17. The highest BCUT2D eigenvalue weighted by molar-refractivity contribution is 7.88. The highest BCUT2D eigenvalue weighted by Crippen LogP contribution is 2.23. The monoisotopic (exact) mass is 412 g/mol. The molecule has 1 saturated heterocycles. The summed E-state index contributed by atoms with van der Waals surface area (Å²) in [7, 11) is -3.50. The lowest BCUT2D eigenvalue weighted by Crippen LogP contribution is -2.26. The summed E-state index contributed by atoms with van der Waals surface area (Å²) in [6.07, 6.45) is 2.47. The number of nitrogens with one attached hydrogen (secondary N) is 1. The van der Waals surface area contributed by atoms with E-state index >= 15 is 0 Å². The minimum absolute atomic E-state index is 0.169. The predicted molar refractivity (Wildman–Crippen MR) is 107 cm³/mol. The van der Waals surface area contributed by atoms with Gasteiger partial charge in [-0.2, -0.15) is 0 Å². The number of benzene rings is 2. The van der Waals surface area contributed by atoms with E-state index in [1.54, 1.807) is 18.2 Å². The maximum Gasteiger partial charge on any atom is 0.216 e. The lowest BCUT2D eigenvalue weighted by atomic mass is 10.1. The molecule has 0 spiro atoms. The predicted octanol–water partition coefficient (Wildman–Crippen LogP) is 4.21. The van der Waals surface area contributed by atoms with Crippen LogP contribution in [0.15, 0.2) is 42.5 Å². The number of rotatable bonds is 7. The van der Waals surface area contributed by atoms with E-state index in [2.05, 4.69) is 15.7 Å². The molecule has 0 saturated carbocycles. The molecule has 0 aliphatic carbocycles. The van der Waals surface area contributed by atoms with Gasteiger partial charge in [-0.3, -0.25) is 4.90 Å². The van der Waals surface area contributed by atoms with E-state index in [1.807, 2.05) is 18.2 Å². The van der Waals surface area contributed by atoms with Crippen molar-refractivity contribution in [2.24, 2.45) is 0 Å². The molecule has 0 aromatic heterocycles. The van der Waals surface area contributed by atoms with Gasteiger partial charge >= 0.3 is 0 Å². The zero-order chi connectivity index (χ0) is 18.6. The first-order chi connectivity index (χ1) is 12.4. The molecule has 4 nitrogen and oxygen atoms in total. The molecule has 2 aromatic rings. The fourth-order valence-electron chi connectivity index (χ4n) is 3.15. The van der Waals surface area contributed by atoms with Gasteiger partial charge in [0, 0.05) is 23.1 Å². The maximum atomic E-state index is 12.5. The minimum atomic E-state index is -3.50. The summed E-state index contributed by atoms with van der Waals surface area (Å²) in [5.41, 5.74) is 2.71. The second-order valence-electron chi connectivity index (χ2n) is 6.57. The van der Waals surface area contributed by atoms with E-state index in [1.165, 1.54) is 18.4 Å². The van der Waals surface area contributed by atoms with Gasteiger partial charge in [0.25, 0.3) is 0 Å². The standard InChI is InChI=1S/C19H22Cl2N2O2S/c20-18-8-7-17(19(21)11-18)14-26(24,25)22-12-15-5-1-2-6-16(15)13-23-9-3-4-10-23/h1-2,5-8,11,22H,3-4,9-10,12-14H2. The molecule has 1 N–H and O–H groups in total. The number of likely N-dealkylation sites (tertiary alicyclic amines) is 1. The second-order valence-corrected chi connectivity index (χ2v) is 9.22. The van der Waals surface area contributed by atoms with Crippen LogP contribution in [-0.2, 0) is 28.9 Å². The van der Waals surface area contributed by atoms with Crippen LogP contribution >= 0.6 is 23.2 Å². The van der Waals surface area contributed by atoms with Crippen molar-refractivity contribution < 1.29 is 8.42 Å². The smallest absolute Gasteiger partial charge is 0.216 e. The van der Waals surface area contributed by atoms with Gasteiger partial charge in [0.05, 0.1) is 5.75 Å². The van der Waals surface area contributed by atoms with E-state index in [0.717, 1.165) is 25.2 Å². The van der Waals surface area contributed by atoms with Crippen molar-refractivity contribution in [1.82, 2.24) is 9.62 Å². The molecule has 0 atom stereocenters. The van der Waals surface area contributed by atoms with Crippen LogP contribution < -0.4 is 4.72 Å². The number of nitrogens with zero attached hydrogens (tertiary/aromatic N) is 1. The van der Waals surface area contributed by atoms with Gasteiger partial charge in [0.1, 0.15) is 0 Å². The summed E-state index contributed by atoms with van der Waals surface area (Å²) in [6.45, 7) is 3.35. The summed E-state index contributed by atoms with van der Waals surface area (Å²) in [5, 5.41) is 0.845. The van der Waals surface area contributed by atoms with E-state index < -0.39 is 10.0 Å². The molecule has 7 heteroatoms. The zero-order valence-corrected chi connectivity index (χ0v) is 16.7. The average Bonchev–Trinajstić information content (AvgIpc) is 3.10. The van der Waals surface area contributed by atoms with Crippen LogP contribution in [0.5, 0.6) is 0 Å². The SMILES string of the molecule is O=S(=O)(Cc1ccc(Cl)cc1Cl)NCc1ccccc1CN1CCCC1.